The molecule has 2 heterocycles. The second-order valence-electron chi connectivity index (χ2n) is 5.91. The number of halogens is 1. The molecule has 0 radical (unpaired) electrons. The highest BCUT2D eigenvalue weighted by atomic mass is 35.5. The van der Waals surface area contributed by atoms with Gasteiger partial charge in [-0.1, -0.05) is 17.7 Å². The predicted octanol–water partition coefficient (Wildman–Crippen LogP) is 1.52. The fourth-order valence-corrected chi connectivity index (χ4v) is 3.10. The van der Waals surface area contributed by atoms with Gasteiger partial charge in [-0.05, 0) is 12.1 Å². The lowest BCUT2D eigenvalue weighted by Gasteiger charge is -2.32. The average Bonchev–Trinajstić information content (AvgIpc) is 2.56. The van der Waals surface area contributed by atoms with Gasteiger partial charge in [-0.15, -0.1) is 0 Å². The number of amides is 1. The van der Waals surface area contributed by atoms with Crippen LogP contribution in [-0.2, 0) is 16.1 Å². The topological polar surface area (TPSA) is 74.4 Å². The van der Waals surface area contributed by atoms with Crippen molar-refractivity contribution in [3.8, 4) is 0 Å². The van der Waals surface area contributed by atoms with E-state index in [1.165, 1.54) is 0 Å². The summed E-state index contributed by atoms with van der Waals surface area (Å²) >= 11 is 6.15. The number of fused-ring (bicyclic) bond motifs is 1. The number of nitrogens with zero attached hydrogens (tertiary/aromatic N) is 1. The highest BCUT2D eigenvalue weighted by molar-refractivity contribution is 6.35. The summed E-state index contributed by atoms with van der Waals surface area (Å²) in [5.74, 6) is 0.0665. The molecular formula is C17H20ClN3O3. The maximum atomic E-state index is 12.2. The zero-order valence-electron chi connectivity index (χ0n) is 13.5. The molecule has 1 aliphatic rings. The minimum absolute atomic E-state index is 0.0431. The SMILES string of the molecule is CC(=O)N1CCO[C@@H](CNCc2cc(=O)c3cccc(Cl)c3[nH]2)C1. The largest absolute Gasteiger partial charge is 0.373 e. The Morgan fingerprint density at radius 2 is 2.33 bits per heavy atom. The third kappa shape index (κ3) is 3.77. The molecule has 0 saturated carbocycles. The van der Waals surface area contributed by atoms with Gasteiger partial charge < -0.3 is 19.9 Å². The van der Waals surface area contributed by atoms with E-state index < -0.39 is 0 Å². The quantitative estimate of drug-likeness (QED) is 0.877. The van der Waals surface area contributed by atoms with Gasteiger partial charge in [0.1, 0.15) is 0 Å². The second kappa shape index (κ2) is 7.34. The van der Waals surface area contributed by atoms with Crippen LogP contribution in [0, 0.1) is 0 Å². The molecule has 1 aromatic carbocycles. The number of morpholine rings is 1. The van der Waals surface area contributed by atoms with Crippen molar-refractivity contribution in [2.75, 3.05) is 26.2 Å². The fourth-order valence-electron chi connectivity index (χ4n) is 2.88. The summed E-state index contributed by atoms with van der Waals surface area (Å²) in [5.41, 5.74) is 1.36. The minimum atomic E-state index is -0.0558. The molecule has 1 atom stereocenters. The molecule has 0 bridgehead atoms. The molecule has 1 amide bonds. The Morgan fingerprint density at radius 1 is 1.50 bits per heavy atom. The van der Waals surface area contributed by atoms with Gasteiger partial charge in [-0.3, -0.25) is 9.59 Å². The number of carbonyl (C=O) groups is 1. The van der Waals surface area contributed by atoms with Gasteiger partial charge in [0.05, 0.1) is 23.3 Å². The van der Waals surface area contributed by atoms with E-state index in [0.29, 0.717) is 48.7 Å². The van der Waals surface area contributed by atoms with Crippen molar-refractivity contribution >= 4 is 28.4 Å². The number of pyridine rings is 1. The minimum Gasteiger partial charge on any atom is -0.373 e. The van der Waals surface area contributed by atoms with Crippen LogP contribution in [0.15, 0.2) is 29.1 Å². The molecule has 0 unspecified atom stereocenters. The van der Waals surface area contributed by atoms with Crippen molar-refractivity contribution < 1.29 is 9.53 Å². The molecule has 7 heteroatoms. The Bertz CT molecular complexity index is 805. The van der Waals surface area contributed by atoms with Crippen LogP contribution in [0.3, 0.4) is 0 Å². The normalized spacial score (nSPS) is 18.1. The van der Waals surface area contributed by atoms with Crippen LogP contribution in [0.25, 0.3) is 10.9 Å². The van der Waals surface area contributed by atoms with Gasteiger partial charge >= 0.3 is 0 Å². The van der Waals surface area contributed by atoms with Crippen LogP contribution < -0.4 is 10.7 Å². The van der Waals surface area contributed by atoms with E-state index >= 15 is 0 Å². The summed E-state index contributed by atoms with van der Waals surface area (Å²) in [6.45, 7) is 4.45. The lowest BCUT2D eigenvalue weighted by molar-refractivity contribution is -0.136. The lowest BCUT2D eigenvalue weighted by atomic mass is 10.2. The monoisotopic (exact) mass is 349 g/mol. The summed E-state index contributed by atoms with van der Waals surface area (Å²) in [7, 11) is 0. The number of carbonyl (C=O) groups excluding carboxylic acids is 1. The molecule has 128 valence electrons. The van der Waals surface area contributed by atoms with Crippen LogP contribution in [-0.4, -0.2) is 48.1 Å². The number of rotatable bonds is 4. The smallest absolute Gasteiger partial charge is 0.219 e. The molecule has 1 fully saturated rings. The van der Waals surface area contributed by atoms with E-state index in [2.05, 4.69) is 10.3 Å². The van der Waals surface area contributed by atoms with Crippen LogP contribution in [0.1, 0.15) is 12.6 Å². The van der Waals surface area contributed by atoms with E-state index in [4.69, 9.17) is 16.3 Å². The van der Waals surface area contributed by atoms with E-state index in [-0.39, 0.29) is 17.4 Å². The van der Waals surface area contributed by atoms with Gasteiger partial charge in [-0.25, -0.2) is 0 Å². The number of H-pyrrole nitrogens is 1. The van der Waals surface area contributed by atoms with E-state index in [1.807, 2.05) is 0 Å². The molecular weight excluding hydrogens is 330 g/mol. The lowest BCUT2D eigenvalue weighted by Crippen LogP contribution is -2.48. The van der Waals surface area contributed by atoms with E-state index in [1.54, 1.807) is 36.1 Å². The predicted molar refractivity (Wildman–Crippen MR) is 93.3 cm³/mol. The summed E-state index contributed by atoms with van der Waals surface area (Å²) in [6.07, 6.45) is -0.0431. The van der Waals surface area contributed by atoms with Gasteiger partial charge in [0.2, 0.25) is 5.91 Å². The van der Waals surface area contributed by atoms with Gasteiger partial charge in [0, 0.05) is 50.2 Å². The molecule has 0 spiro atoms. The Morgan fingerprint density at radius 3 is 3.12 bits per heavy atom. The molecule has 1 saturated heterocycles. The third-order valence-corrected chi connectivity index (χ3v) is 4.46. The van der Waals surface area contributed by atoms with Crippen LogP contribution in [0.5, 0.6) is 0 Å². The number of ether oxygens (including phenoxy) is 1. The van der Waals surface area contributed by atoms with Gasteiger partial charge in [0.25, 0.3) is 0 Å². The Balaban J connectivity index is 1.63. The fraction of sp³-hybridized carbons (Fsp3) is 0.412. The molecule has 1 aromatic heterocycles. The van der Waals surface area contributed by atoms with Crippen LogP contribution in [0.4, 0.5) is 0 Å². The molecule has 2 aromatic rings. The summed E-state index contributed by atoms with van der Waals surface area (Å²) < 4.78 is 5.66. The molecule has 3 rings (SSSR count). The van der Waals surface area contributed by atoms with Crippen molar-refractivity contribution in [2.24, 2.45) is 0 Å². The summed E-state index contributed by atoms with van der Waals surface area (Å²) in [4.78, 5) is 28.6. The van der Waals surface area contributed by atoms with Gasteiger partial charge in [-0.2, -0.15) is 0 Å². The molecule has 2 N–H and O–H groups in total. The highest BCUT2D eigenvalue weighted by Gasteiger charge is 2.21. The molecule has 0 aliphatic carbocycles. The maximum Gasteiger partial charge on any atom is 0.219 e. The summed E-state index contributed by atoms with van der Waals surface area (Å²) in [6, 6.07) is 6.85. The number of para-hydroxylation sites is 1. The molecule has 24 heavy (non-hydrogen) atoms. The van der Waals surface area contributed by atoms with Crippen molar-refractivity contribution in [1.29, 1.82) is 0 Å². The number of aromatic nitrogens is 1. The number of hydrogen-bond acceptors (Lipinski definition) is 4. The first-order valence-corrected chi connectivity index (χ1v) is 8.30. The molecule has 1 aliphatic heterocycles. The molecule has 6 nitrogen and oxygen atoms in total. The second-order valence-corrected chi connectivity index (χ2v) is 6.32. The Kier molecular flexibility index (Phi) is 5.18. The van der Waals surface area contributed by atoms with E-state index in [0.717, 1.165) is 5.69 Å². The number of nitrogens with one attached hydrogen (secondary N) is 2. The van der Waals surface area contributed by atoms with E-state index in [9.17, 15) is 9.59 Å². The Labute approximate surface area is 144 Å². The zero-order valence-corrected chi connectivity index (χ0v) is 14.2. The van der Waals surface area contributed by atoms with Crippen molar-refractivity contribution in [3.63, 3.8) is 0 Å². The van der Waals surface area contributed by atoms with Crippen molar-refractivity contribution in [2.45, 2.75) is 19.6 Å². The Hall–Kier alpha value is -1.89. The zero-order chi connectivity index (χ0) is 17.1. The van der Waals surface area contributed by atoms with Crippen molar-refractivity contribution in [3.05, 3.63) is 45.2 Å². The number of benzene rings is 1. The third-order valence-electron chi connectivity index (χ3n) is 4.14. The van der Waals surface area contributed by atoms with Crippen LogP contribution in [0.2, 0.25) is 5.02 Å². The average molecular weight is 350 g/mol. The van der Waals surface area contributed by atoms with Crippen molar-refractivity contribution in [1.82, 2.24) is 15.2 Å². The standard InChI is InChI=1S/C17H20ClN3O3/c1-11(22)21-5-6-24-13(10-21)9-19-8-12-7-16(23)14-3-2-4-15(18)17(14)20-12/h2-4,7,13,19H,5-6,8-10H2,1H3,(H,20,23)/t13-/m0/s1. The maximum absolute atomic E-state index is 12.2. The number of hydrogen-bond donors (Lipinski definition) is 2. The first-order valence-electron chi connectivity index (χ1n) is 7.93. The summed E-state index contributed by atoms with van der Waals surface area (Å²) in [5, 5.41) is 4.38. The van der Waals surface area contributed by atoms with Crippen LogP contribution >= 0.6 is 11.6 Å². The first kappa shape index (κ1) is 17.0. The number of aromatic amines is 1. The van der Waals surface area contributed by atoms with Gasteiger partial charge in [0.15, 0.2) is 5.43 Å². The first-order chi connectivity index (χ1) is 11.5. The highest BCUT2D eigenvalue weighted by Crippen LogP contribution is 2.18.